The van der Waals surface area contributed by atoms with E-state index in [0.29, 0.717) is 36.7 Å². The van der Waals surface area contributed by atoms with Crippen molar-refractivity contribution in [3.8, 4) is 45.8 Å². The van der Waals surface area contributed by atoms with Crippen molar-refractivity contribution < 1.29 is 28.8 Å². The summed E-state index contributed by atoms with van der Waals surface area (Å²) in [5.41, 5.74) is 1.44. The zero-order valence-electron chi connectivity index (χ0n) is 30.3. The number of hydrogen-bond acceptors (Lipinski definition) is 9. The van der Waals surface area contributed by atoms with E-state index in [-0.39, 0.29) is 23.9 Å². The van der Waals surface area contributed by atoms with Crippen molar-refractivity contribution in [2.75, 3.05) is 19.8 Å². The minimum absolute atomic E-state index is 0.00186. The minimum Gasteiger partial charge on any atom is -0.508 e. The summed E-state index contributed by atoms with van der Waals surface area (Å²) in [7, 11) is 0. The Hall–Kier alpha value is -4.66. The molecule has 1 aromatic heterocycles. The van der Waals surface area contributed by atoms with E-state index in [1.807, 2.05) is 48.5 Å². The van der Waals surface area contributed by atoms with Gasteiger partial charge in [0.2, 0.25) is 0 Å². The number of carbonyl (C=O) groups excluding carboxylic acids is 1. The SMILES string of the molecule is CCCCC(CC)COc1ccc(-c2nc(-c3ccc(OCC(CC)CCCC)cc3)nc(C(Oc3cccc(O)c3)C(=O)OCC)n2)cc1. The van der Waals surface area contributed by atoms with Gasteiger partial charge in [-0.1, -0.05) is 72.3 Å². The van der Waals surface area contributed by atoms with Crippen molar-refractivity contribution in [3.05, 3.63) is 78.6 Å². The van der Waals surface area contributed by atoms with Crippen molar-refractivity contribution in [1.82, 2.24) is 15.0 Å². The second-order valence-corrected chi connectivity index (χ2v) is 12.6. The van der Waals surface area contributed by atoms with Gasteiger partial charge in [-0.3, -0.25) is 0 Å². The third-order valence-electron chi connectivity index (χ3n) is 8.74. The first-order valence-electron chi connectivity index (χ1n) is 18.2. The number of ether oxygens (including phenoxy) is 4. The normalized spacial score (nSPS) is 12.9. The van der Waals surface area contributed by atoms with E-state index in [0.717, 1.165) is 48.3 Å². The Labute approximate surface area is 297 Å². The number of hydrogen-bond donors (Lipinski definition) is 1. The smallest absolute Gasteiger partial charge is 0.355 e. The first-order valence-corrected chi connectivity index (χ1v) is 18.2. The van der Waals surface area contributed by atoms with Gasteiger partial charge < -0.3 is 24.1 Å². The monoisotopic (exact) mass is 683 g/mol. The van der Waals surface area contributed by atoms with Crippen molar-refractivity contribution in [3.63, 3.8) is 0 Å². The predicted molar refractivity (Wildman–Crippen MR) is 196 cm³/mol. The van der Waals surface area contributed by atoms with Crippen LogP contribution in [0, 0.1) is 11.8 Å². The molecule has 9 nitrogen and oxygen atoms in total. The lowest BCUT2D eigenvalue weighted by Gasteiger charge is -2.18. The molecular weight excluding hydrogens is 630 g/mol. The van der Waals surface area contributed by atoms with Crippen molar-refractivity contribution in [2.45, 2.75) is 92.1 Å². The van der Waals surface area contributed by atoms with Crippen LogP contribution in [-0.2, 0) is 9.53 Å². The molecule has 1 heterocycles. The summed E-state index contributed by atoms with van der Waals surface area (Å²) in [6.45, 7) is 12.0. The average molecular weight is 684 g/mol. The Bertz CT molecular complexity index is 1510. The molecule has 0 amide bonds. The molecule has 0 saturated heterocycles. The topological polar surface area (TPSA) is 113 Å². The van der Waals surface area contributed by atoms with Crippen LogP contribution in [0.25, 0.3) is 22.8 Å². The Kier molecular flexibility index (Phi) is 15.3. The molecule has 3 atom stereocenters. The first-order chi connectivity index (χ1) is 24.4. The van der Waals surface area contributed by atoms with Gasteiger partial charge in [-0.05, 0) is 92.3 Å². The maximum Gasteiger partial charge on any atom is 0.355 e. The Morgan fingerprint density at radius 1 is 0.680 bits per heavy atom. The summed E-state index contributed by atoms with van der Waals surface area (Å²) in [6.07, 6.45) is 7.88. The Morgan fingerprint density at radius 3 is 1.64 bits per heavy atom. The zero-order chi connectivity index (χ0) is 35.7. The molecule has 0 spiro atoms. The van der Waals surface area contributed by atoms with Gasteiger partial charge >= 0.3 is 5.97 Å². The molecule has 9 heteroatoms. The van der Waals surface area contributed by atoms with Gasteiger partial charge in [0.05, 0.1) is 19.8 Å². The molecular formula is C41H53N3O6. The third kappa shape index (κ3) is 11.5. The summed E-state index contributed by atoms with van der Waals surface area (Å²) < 4.78 is 23.7. The van der Waals surface area contributed by atoms with Crippen molar-refractivity contribution in [2.24, 2.45) is 11.8 Å². The number of aromatic nitrogens is 3. The first kappa shape index (κ1) is 38.1. The molecule has 3 aromatic carbocycles. The number of phenols is 1. The number of benzene rings is 3. The molecule has 4 aromatic rings. The molecule has 268 valence electrons. The molecule has 1 N–H and O–H groups in total. The third-order valence-corrected chi connectivity index (χ3v) is 8.74. The molecule has 0 aliphatic carbocycles. The lowest BCUT2D eigenvalue weighted by molar-refractivity contribution is -0.152. The van der Waals surface area contributed by atoms with Crippen LogP contribution in [0.2, 0.25) is 0 Å². The van der Waals surface area contributed by atoms with Gasteiger partial charge in [0.15, 0.2) is 17.5 Å². The zero-order valence-corrected chi connectivity index (χ0v) is 30.3. The fourth-order valence-electron chi connectivity index (χ4n) is 5.51. The van der Waals surface area contributed by atoms with Crippen molar-refractivity contribution >= 4 is 5.97 Å². The molecule has 0 aliphatic rings. The van der Waals surface area contributed by atoms with Gasteiger partial charge in [-0.15, -0.1) is 0 Å². The molecule has 0 saturated carbocycles. The van der Waals surface area contributed by atoms with Crippen LogP contribution in [0.3, 0.4) is 0 Å². The van der Waals surface area contributed by atoms with E-state index in [9.17, 15) is 9.90 Å². The van der Waals surface area contributed by atoms with Crippen LogP contribution in [0.5, 0.6) is 23.0 Å². The van der Waals surface area contributed by atoms with Crippen LogP contribution in [0.15, 0.2) is 72.8 Å². The van der Waals surface area contributed by atoms with E-state index in [2.05, 4.69) is 27.7 Å². The summed E-state index contributed by atoms with van der Waals surface area (Å²) in [6, 6.07) is 21.5. The Balaban J connectivity index is 1.67. The van der Waals surface area contributed by atoms with E-state index >= 15 is 0 Å². The summed E-state index contributed by atoms with van der Waals surface area (Å²) in [5.74, 6) is 2.98. The van der Waals surface area contributed by atoms with E-state index in [4.69, 9.17) is 33.9 Å². The number of phenolic OH excluding ortho intramolecular Hbond substituents is 1. The van der Waals surface area contributed by atoms with Crippen LogP contribution in [0.4, 0.5) is 0 Å². The summed E-state index contributed by atoms with van der Waals surface area (Å²) in [4.78, 5) is 27.6. The van der Waals surface area contributed by atoms with E-state index in [1.54, 1.807) is 19.1 Å². The second-order valence-electron chi connectivity index (χ2n) is 12.6. The lowest BCUT2D eigenvalue weighted by Crippen LogP contribution is -2.24. The standard InChI is InChI=1S/C41H53N3O6/c1-6-11-14-29(8-3)27-48-34-22-18-31(19-23-34)38-42-39(32-20-24-35(25-21-32)49-28-30(9-4)15-12-7-2)44-40(43-38)37(41(46)47-10-5)50-36-17-13-16-33(45)26-36/h13,16-26,29-30,37,45H,6-12,14-15,27-28H2,1-5H3. The summed E-state index contributed by atoms with van der Waals surface area (Å²) in [5, 5.41) is 10.1. The minimum atomic E-state index is -1.31. The van der Waals surface area contributed by atoms with Gasteiger partial charge in [0, 0.05) is 17.2 Å². The number of esters is 1. The fraction of sp³-hybridized carbons (Fsp3) is 0.463. The summed E-state index contributed by atoms with van der Waals surface area (Å²) >= 11 is 0. The van der Waals surface area contributed by atoms with E-state index in [1.165, 1.54) is 37.8 Å². The quantitative estimate of drug-likeness (QED) is 0.0858. The van der Waals surface area contributed by atoms with Crippen LogP contribution >= 0.6 is 0 Å². The highest BCUT2D eigenvalue weighted by atomic mass is 16.6. The number of rotatable bonds is 21. The average Bonchev–Trinajstić information content (AvgIpc) is 3.14. The molecule has 0 fully saturated rings. The molecule has 50 heavy (non-hydrogen) atoms. The predicted octanol–water partition coefficient (Wildman–Crippen LogP) is 9.78. The van der Waals surface area contributed by atoms with Gasteiger partial charge in [-0.2, -0.15) is 0 Å². The van der Waals surface area contributed by atoms with Crippen LogP contribution in [-0.4, -0.2) is 45.8 Å². The lowest BCUT2D eigenvalue weighted by atomic mass is 10.0. The molecule has 0 aliphatic heterocycles. The molecule has 3 unspecified atom stereocenters. The molecule has 4 rings (SSSR count). The largest absolute Gasteiger partial charge is 0.508 e. The maximum absolute atomic E-state index is 13.3. The van der Waals surface area contributed by atoms with Gasteiger partial charge in [0.1, 0.15) is 23.0 Å². The number of nitrogens with zero attached hydrogens (tertiary/aromatic N) is 3. The number of unbranched alkanes of at least 4 members (excludes halogenated alkanes) is 2. The van der Waals surface area contributed by atoms with Crippen LogP contribution < -0.4 is 14.2 Å². The Morgan fingerprint density at radius 2 is 1.20 bits per heavy atom. The molecule has 0 bridgehead atoms. The number of aromatic hydroxyl groups is 1. The highest BCUT2D eigenvalue weighted by Crippen LogP contribution is 2.29. The maximum atomic E-state index is 13.3. The van der Waals surface area contributed by atoms with Crippen LogP contribution in [0.1, 0.15) is 97.9 Å². The molecule has 0 radical (unpaired) electrons. The number of carbonyl (C=O) groups is 1. The van der Waals surface area contributed by atoms with Crippen molar-refractivity contribution in [1.29, 1.82) is 0 Å². The van der Waals surface area contributed by atoms with E-state index < -0.39 is 12.1 Å². The second kappa shape index (κ2) is 20.1. The fourth-order valence-corrected chi connectivity index (χ4v) is 5.51. The highest BCUT2D eigenvalue weighted by Gasteiger charge is 2.29. The highest BCUT2D eigenvalue weighted by molar-refractivity contribution is 5.76. The van der Waals surface area contributed by atoms with Gasteiger partial charge in [0.25, 0.3) is 6.10 Å². The van der Waals surface area contributed by atoms with Gasteiger partial charge in [-0.25, -0.2) is 19.7 Å².